The highest BCUT2D eigenvalue weighted by atomic mass is 15.0. The van der Waals surface area contributed by atoms with Crippen molar-refractivity contribution in [2.45, 2.75) is 141 Å². The lowest BCUT2D eigenvalue weighted by Crippen LogP contribution is -2.57. The van der Waals surface area contributed by atoms with E-state index < -0.39 is 0 Å². The Bertz CT molecular complexity index is 398. The van der Waals surface area contributed by atoms with Crippen LogP contribution < -0.4 is 10.6 Å². The van der Waals surface area contributed by atoms with Crippen molar-refractivity contribution in [3.8, 4) is 0 Å². The summed E-state index contributed by atoms with van der Waals surface area (Å²) in [5.41, 5.74) is 0. The van der Waals surface area contributed by atoms with Gasteiger partial charge in [0, 0.05) is 12.1 Å². The quantitative estimate of drug-likeness (QED) is 0.414. The van der Waals surface area contributed by atoms with Crippen LogP contribution in [0.1, 0.15) is 128 Å². The van der Waals surface area contributed by atoms with Gasteiger partial charge in [-0.25, -0.2) is 0 Å². The second kappa shape index (κ2) is 12.8. The van der Waals surface area contributed by atoms with Crippen molar-refractivity contribution in [3.05, 3.63) is 0 Å². The fourth-order valence-electron chi connectivity index (χ4n) is 7.55. The van der Waals surface area contributed by atoms with Crippen LogP contribution in [0, 0.1) is 23.7 Å². The highest BCUT2D eigenvalue weighted by Gasteiger charge is 2.36. The number of rotatable bonds is 9. The molecule has 0 aliphatic heterocycles. The molecule has 4 fully saturated rings. The predicted octanol–water partition coefficient (Wildman–Crippen LogP) is 7.22. The standard InChI is InChI=1S/C28H52N2/c1-5-13-23(14-6-1)21-29-27(25-17-9-3-10-18-25)28(26-19-11-4-12-20-26)30-22-24-15-7-2-8-16-24/h23-30H,1-22H2. The van der Waals surface area contributed by atoms with Gasteiger partial charge >= 0.3 is 0 Å². The summed E-state index contributed by atoms with van der Waals surface area (Å²) in [7, 11) is 0. The monoisotopic (exact) mass is 416 g/mol. The fourth-order valence-corrected chi connectivity index (χ4v) is 7.55. The Kier molecular flexibility index (Phi) is 9.87. The molecule has 2 unspecified atom stereocenters. The van der Waals surface area contributed by atoms with Crippen LogP contribution >= 0.6 is 0 Å². The minimum absolute atomic E-state index is 0.735. The summed E-state index contributed by atoms with van der Waals surface area (Å²) in [6.45, 7) is 2.60. The Morgan fingerprint density at radius 3 is 1.03 bits per heavy atom. The summed E-state index contributed by atoms with van der Waals surface area (Å²) in [4.78, 5) is 0. The lowest BCUT2D eigenvalue weighted by molar-refractivity contribution is 0.144. The lowest BCUT2D eigenvalue weighted by atomic mass is 9.73. The maximum Gasteiger partial charge on any atom is 0.0252 e. The first-order valence-corrected chi connectivity index (χ1v) is 14.4. The van der Waals surface area contributed by atoms with Gasteiger partial charge in [-0.15, -0.1) is 0 Å². The molecule has 2 heteroatoms. The SMILES string of the molecule is C1CCC(CNC(C2CCCCC2)C(NCC2CCCCC2)C2CCCCC2)CC1. The van der Waals surface area contributed by atoms with Gasteiger partial charge in [-0.05, 0) is 88.1 Å². The first-order chi connectivity index (χ1) is 14.9. The predicted molar refractivity (Wildman–Crippen MR) is 130 cm³/mol. The van der Waals surface area contributed by atoms with E-state index in [2.05, 4.69) is 10.6 Å². The lowest BCUT2D eigenvalue weighted by Gasteiger charge is -2.43. The first kappa shape index (κ1) is 23.1. The highest BCUT2D eigenvalue weighted by molar-refractivity contribution is 4.95. The van der Waals surface area contributed by atoms with Gasteiger partial charge in [0.1, 0.15) is 0 Å². The normalized spacial score (nSPS) is 28.4. The molecule has 0 heterocycles. The van der Waals surface area contributed by atoms with Gasteiger partial charge in [0.15, 0.2) is 0 Å². The molecule has 4 aliphatic rings. The molecule has 0 saturated heterocycles. The smallest absolute Gasteiger partial charge is 0.0252 e. The molecule has 4 aliphatic carbocycles. The van der Waals surface area contributed by atoms with Crippen LogP contribution in [-0.4, -0.2) is 25.2 Å². The molecule has 4 rings (SSSR count). The number of nitrogens with one attached hydrogen (secondary N) is 2. The van der Waals surface area contributed by atoms with E-state index in [9.17, 15) is 0 Å². The van der Waals surface area contributed by atoms with E-state index in [0.29, 0.717) is 0 Å². The maximum absolute atomic E-state index is 4.28. The van der Waals surface area contributed by atoms with Crippen LogP contribution in [0.2, 0.25) is 0 Å². The zero-order valence-corrected chi connectivity index (χ0v) is 20.0. The van der Waals surface area contributed by atoms with Crippen molar-refractivity contribution < 1.29 is 0 Å². The molecular weight excluding hydrogens is 364 g/mol. The highest BCUT2D eigenvalue weighted by Crippen LogP contribution is 2.35. The van der Waals surface area contributed by atoms with Crippen molar-refractivity contribution >= 4 is 0 Å². The van der Waals surface area contributed by atoms with Crippen LogP contribution in [0.4, 0.5) is 0 Å². The fraction of sp³-hybridized carbons (Fsp3) is 1.00. The van der Waals surface area contributed by atoms with E-state index in [1.807, 2.05) is 0 Å². The third kappa shape index (κ3) is 6.96. The Labute approximate surface area is 188 Å². The molecule has 0 radical (unpaired) electrons. The zero-order chi connectivity index (χ0) is 20.4. The molecule has 4 saturated carbocycles. The Morgan fingerprint density at radius 2 is 0.700 bits per heavy atom. The van der Waals surface area contributed by atoms with Crippen molar-refractivity contribution in [2.75, 3.05) is 13.1 Å². The molecule has 0 aromatic carbocycles. The van der Waals surface area contributed by atoms with Crippen molar-refractivity contribution in [3.63, 3.8) is 0 Å². The number of hydrogen-bond donors (Lipinski definition) is 2. The second-order valence-electron chi connectivity index (χ2n) is 11.7. The van der Waals surface area contributed by atoms with E-state index in [1.54, 1.807) is 0 Å². The van der Waals surface area contributed by atoms with E-state index in [4.69, 9.17) is 0 Å². The zero-order valence-electron chi connectivity index (χ0n) is 20.0. The summed E-state index contributed by atoms with van der Waals surface area (Å²) in [5, 5.41) is 8.56. The van der Waals surface area contributed by atoms with Gasteiger partial charge in [0.25, 0.3) is 0 Å². The van der Waals surface area contributed by atoms with Crippen molar-refractivity contribution in [1.29, 1.82) is 0 Å². The largest absolute Gasteiger partial charge is 0.312 e. The molecule has 0 aromatic rings. The van der Waals surface area contributed by atoms with Gasteiger partial charge < -0.3 is 10.6 Å². The Hall–Kier alpha value is -0.0800. The van der Waals surface area contributed by atoms with E-state index >= 15 is 0 Å². The van der Waals surface area contributed by atoms with Gasteiger partial charge in [-0.2, -0.15) is 0 Å². The number of hydrogen-bond acceptors (Lipinski definition) is 2. The summed E-state index contributed by atoms with van der Waals surface area (Å²) < 4.78 is 0. The van der Waals surface area contributed by atoms with Crippen molar-refractivity contribution in [2.24, 2.45) is 23.7 Å². The summed E-state index contributed by atoms with van der Waals surface area (Å²) >= 11 is 0. The topological polar surface area (TPSA) is 24.1 Å². The van der Waals surface area contributed by atoms with Gasteiger partial charge in [0.05, 0.1) is 0 Å². The van der Waals surface area contributed by atoms with Gasteiger partial charge in [0.2, 0.25) is 0 Å². The molecular formula is C28H52N2. The molecule has 0 amide bonds. The molecule has 0 spiro atoms. The summed E-state index contributed by atoms with van der Waals surface area (Å²) in [6, 6.07) is 1.47. The average Bonchev–Trinajstić information content (AvgIpc) is 2.83. The molecule has 30 heavy (non-hydrogen) atoms. The second-order valence-corrected chi connectivity index (χ2v) is 11.7. The molecule has 0 bridgehead atoms. The average molecular weight is 417 g/mol. The summed E-state index contributed by atoms with van der Waals surface area (Å²) in [5.74, 6) is 3.76. The van der Waals surface area contributed by atoms with Crippen LogP contribution in [0.25, 0.3) is 0 Å². The Morgan fingerprint density at radius 1 is 0.400 bits per heavy atom. The minimum Gasteiger partial charge on any atom is -0.312 e. The van der Waals surface area contributed by atoms with E-state index in [0.717, 1.165) is 35.8 Å². The van der Waals surface area contributed by atoms with Crippen LogP contribution in [-0.2, 0) is 0 Å². The first-order valence-electron chi connectivity index (χ1n) is 14.4. The molecule has 174 valence electrons. The van der Waals surface area contributed by atoms with Crippen LogP contribution in [0.5, 0.6) is 0 Å². The van der Waals surface area contributed by atoms with Gasteiger partial charge in [-0.3, -0.25) is 0 Å². The van der Waals surface area contributed by atoms with Crippen LogP contribution in [0.3, 0.4) is 0 Å². The summed E-state index contributed by atoms with van der Waals surface area (Å²) in [6.07, 6.45) is 29.6. The molecule has 2 N–H and O–H groups in total. The maximum atomic E-state index is 4.28. The van der Waals surface area contributed by atoms with E-state index in [1.165, 1.54) is 142 Å². The molecule has 2 atom stereocenters. The minimum atomic E-state index is 0.735. The third-order valence-electron chi connectivity index (χ3n) is 9.44. The molecule has 2 nitrogen and oxygen atoms in total. The Balaban J connectivity index is 1.43. The van der Waals surface area contributed by atoms with Crippen LogP contribution in [0.15, 0.2) is 0 Å². The van der Waals surface area contributed by atoms with Crippen molar-refractivity contribution in [1.82, 2.24) is 10.6 Å². The van der Waals surface area contributed by atoms with E-state index in [-0.39, 0.29) is 0 Å². The third-order valence-corrected chi connectivity index (χ3v) is 9.44. The van der Waals surface area contributed by atoms with Gasteiger partial charge in [-0.1, -0.05) is 77.0 Å². The molecule has 0 aromatic heterocycles.